The number of amides is 1. The molecule has 8 heteroatoms. The van der Waals surface area contributed by atoms with Crippen LogP contribution in [0.2, 0.25) is 0 Å². The summed E-state index contributed by atoms with van der Waals surface area (Å²) < 4.78 is 22.3. The molecule has 0 aromatic carbocycles. The second kappa shape index (κ2) is 5.58. The van der Waals surface area contributed by atoms with Gasteiger partial charge < -0.3 is 10.6 Å². The van der Waals surface area contributed by atoms with Crippen LogP contribution in [0, 0.1) is 5.41 Å². The molecule has 0 aliphatic heterocycles. The number of hydrogen-bond acceptors (Lipinski definition) is 5. The molecule has 4 N–H and O–H groups in total. The zero-order valence-electron chi connectivity index (χ0n) is 11.2. The van der Waals surface area contributed by atoms with Crippen LogP contribution < -0.4 is 10.9 Å². The molecule has 19 heavy (non-hydrogen) atoms. The summed E-state index contributed by atoms with van der Waals surface area (Å²) in [6.45, 7) is 4.86. The maximum atomic E-state index is 12.1. The average Bonchev–Trinajstić information content (AvgIpc) is 2.76. The van der Waals surface area contributed by atoms with Crippen LogP contribution in [-0.4, -0.2) is 39.4 Å². The summed E-state index contributed by atoms with van der Waals surface area (Å²) in [5.74, 6) is -0.243. The first kappa shape index (κ1) is 16.1. The van der Waals surface area contributed by atoms with E-state index in [1.807, 2.05) is 13.8 Å². The van der Waals surface area contributed by atoms with E-state index in [1.165, 1.54) is 16.3 Å². The summed E-state index contributed by atoms with van der Waals surface area (Å²) in [6, 6.07) is 1.30. The Bertz CT molecular complexity index is 563. The van der Waals surface area contributed by atoms with Gasteiger partial charge in [0.15, 0.2) is 0 Å². The molecule has 1 rings (SSSR count). The second-order valence-electron chi connectivity index (χ2n) is 5.23. The average molecular weight is 305 g/mol. The third kappa shape index (κ3) is 4.27. The fraction of sp³-hybridized carbons (Fsp3) is 0.545. The third-order valence-electron chi connectivity index (χ3n) is 2.67. The van der Waals surface area contributed by atoms with Gasteiger partial charge in [0.25, 0.3) is 5.91 Å². The summed E-state index contributed by atoms with van der Waals surface area (Å²) >= 11 is 0.941. The molecule has 0 saturated heterocycles. The minimum atomic E-state index is -3.75. The van der Waals surface area contributed by atoms with Gasteiger partial charge in [-0.15, -0.1) is 11.3 Å². The minimum absolute atomic E-state index is 0.0117. The van der Waals surface area contributed by atoms with Crippen molar-refractivity contribution < 1.29 is 13.2 Å². The lowest BCUT2D eigenvalue weighted by atomic mass is 9.93. The van der Waals surface area contributed by atoms with Crippen molar-refractivity contribution in [1.82, 2.24) is 4.90 Å². The van der Waals surface area contributed by atoms with Crippen molar-refractivity contribution >= 4 is 27.3 Å². The molecule has 0 aliphatic rings. The summed E-state index contributed by atoms with van der Waals surface area (Å²) in [4.78, 5) is 13.7. The fourth-order valence-corrected chi connectivity index (χ4v) is 3.16. The summed E-state index contributed by atoms with van der Waals surface area (Å²) in [5.41, 5.74) is 5.76. The van der Waals surface area contributed by atoms with E-state index in [-0.39, 0.29) is 15.5 Å². The third-order valence-corrected chi connectivity index (χ3v) is 5.05. The number of carbonyl (C=O) groups is 1. The number of rotatable bonds is 5. The van der Waals surface area contributed by atoms with Crippen molar-refractivity contribution in [3.63, 3.8) is 0 Å². The highest BCUT2D eigenvalue weighted by molar-refractivity contribution is 7.91. The molecule has 108 valence electrons. The normalized spacial score (nSPS) is 12.5. The number of primary sulfonamides is 1. The van der Waals surface area contributed by atoms with Gasteiger partial charge in [0.05, 0.1) is 5.56 Å². The van der Waals surface area contributed by atoms with E-state index in [1.54, 1.807) is 7.05 Å². The molecular weight excluding hydrogens is 286 g/mol. The molecular formula is C11H19N3O3S2. The fourth-order valence-electron chi connectivity index (χ4n) is 1.58. The van der Waals surface area contributed by atoms with Crippen LogP contribution in [0.5, 0.6) is 0 Å². The molecule has 6 nitrogen and oxygen atoms in total. The molecule has 0 unspecified atom stereocenters. The van der Waals surface area contributed by atoms with Gasteiger partial charge in [0, 0.05) is 19.0 Å². The van der Waals surface area contributed by atoms with E-state index in [9.17, 15) is 13.2 Å². The van der Waals surface area contributed by atoms with E-state index >= 15 is 0 Å². The molecule has 1 heterocycles. The van der Waals surface area contributed by atoms with Crippen LogP contribution in [0.1, 0.15) is 24.2 Å². The number of carbonyl (C=O) groups excluding carboxylic acids is 1. The quantitative estimate of drug-likeness (QED) is 0.823. The Kier molecular flexibility index (Phi) is 4.72. The van der Waals surface area contributed by atoms with E-state index in [4.69, 9.17) is 10.9 Å². The Hall–Kier alpha value is -0.960. The maximum Gasteiger partial charge on any atom is 0.254 e. The highest BCUT2D eigenvalue weighted by atomic mass is 32.2. The van der Waals surface area contributed by atoms with Gasteiger partial charge in [-0.05, 0) is 18.0 Å². The van der Waals surface area contributed by atoms with E-state index in [2.05, 4.69) is 0 Å². The minimum Gasteiger partial charge on any atom is -0.341 e. The number of sulfonamides is 1. The lowest BCUT2D eigenvalue weighted by Crippen LogP contribution is -2.39. The van der Waals surface area contributed by atoms with Crippen molar-refractivity contribution in [3.05, 3.63) is 17.0 Å². The monoisotopic (exact) mass is 305 g/mol. The van der Waals surface area contributed by atoms with Crippen molar-refractivity contribution in [2.24, 2.45) is 16.3 Å². The van der Waals surface area contributed by atoms with Gasteiger partial charge in [-0.3, -0.25) is 4.79 Å². The molecule has 0 bridgehead atoms. The molecule has 0 radical (unpaired) electrons. The lowest BCUT2D eigenvalue weighted by Gasteiger charge is -2.28. The molecule has 1 amide bonds. The first-order valence-corrected chi connectivity index (χ1v) is 8.06. The van der Waals surface area contributed by atoms with E-state index in [0.29, 0.717) is 18.7 Å². The van der Waals surface area contributed by atoms with Crippen LogP contribution in [-0.2, 0) is 10.0 Å². The molecule has 0 atom stereocenters. The first-order chi connectivity index (χ1) is 8.57. The highest BCUT2D eigenvalue weighted by Gasteiger charge is 2.23. The van der Waals surface area contributed by atoms with E-state index in [0.717, 1.165) is 11.3 Å². The molecule has 1 aromatic rings. The van der Waals surface area contributed by atoms with Crippen LogP contribution in [0.3, 0.4) is 0 Å². The van der Waals surface area contributed by atoms with Crippen LogP contribution in [0.4, 0.5) is 0 Å². The summed E-state index contributed by atoms with van der Waals surface area (Å²) in [7, 11) is -2.09. The number of nitrogens with two attached hydrogens (primary N) is 2. The van der Waals surface area contributed by atoms with Gasteiger partial charge in [-0.2, -0.15) is 0 Å². The highest BCUT2D eigenvalue weighted by Crippen LogP contribution is 2.21. The molecule has 0 spiro atoms. The molecule has 0 fully saturated rings. The second-order valence-corrected chi connectivity index (χ2v) is 7.93. The Labute approximate surface area is 117 Å². The van der Waals surface area contributed by atoms with Crippen molar-refractivity contribution in [2.75, 3.05) is 20.1 Å². The van der Waals surface area contributed by atoms with Gasteiger partial charge in [-0.1, -0.05) is 13.8 Å². The summed E-state index contributed by atoms with van der Waals surface area (Å²) in [5, 5.41) is 6.50. The Morgan fingerprint density at radius 3 is 2.47 bits per heavy atom. The zero-order valence-corrected chi connectivity index (χ0v) is 12.8. The zero-order chi connectivity index (χ0) is 14.8. The Balaban J connectivity index is 2.87. The van der Waals surface area contributed by atoms with Crippen molar-refractivity contribution in [1.29, 1.82) is 0 Å². The number of thiophene rings is 1. The van der Waals surface area contributed by atoms with Crippen LogP contribution in [0.15, 0.2) is 15.7 Å². The van der Waals surface area contributed by atoms with Gasteiger partial charge in [0.1, 0.15) is 4.21 Å². The molecule has 0 aliphatic carbocycles. The SMILES string of the molecule is CN(CC(C)(C)CN)C(=O)c1csc(S(N)(=O)=O)c1. The molecule has 0 saturated carbocycles. The number of nitrogens with zero attached hydrogens (tertiary/aromatic N) is 1. The largest absolute Gasteiger partial charge is 0.341 e. The predicted octanol–water partition coefficient (Wildman–Crippen LogP) is 0.452. The number of hydrogen-bond donors (Lipinski definition) is 2. The van der Waals surface area contributed by atoms with Crippen LogP contribution >= 0.6 is 11.3 Å². The topological polar surface area (TPSA) is 106 Å². The van der Waals surface area contributed by atoms with Gasteiger partial charge in [0.2, 0.25) is 10.0 Å². The van der Waals surface area contributed by atoms with Crippen LogP contribution in [0.25, 0.3) is 0 Å². The van der Waals surface area contributed by atoms with Gasteiger partial charge >= 0.3 is 0 Å². The van der Waals surface area contributed by atoms with Gasteiger partial charge in [-0.25, -0.2) is 13.6 Å². The lowest BCUT2D eigenvalue weighted by molar-refractivity contribution is 0.0741. The standard InChI is InChI=1S/C11H19N3O3S2/c1-11(2,6-12)7-14(3)10(15)8-4-9(18-5-8)19(13,16)17/h4-5H,6-7,12H2,1-3H3,(H2,13,16,17). The van der Waals surface area contributed by atoms with E-state index < -0.39 is 10.0 Å². The maximum absolute atomic E-state index is 12.1. The predicted molar refractivity (Wildman–Crippen MR) is 75.5 cm³/mol. The summed E-state index contributed by atoms with van der Waals surface area (Å²) in [6.07, 6.45) is 0. The first-order valence-electron chi connectivity index (χ1n) is 5.64. The molecule has 1 aromatic heterocycles. The van der Waals surface area contributed by atoms with Crippen molar-refractivity contribution in [2.45, 2.75) is 18.1 Å². The van der Waals surface area contributed by atoms with Crippen molar-refractivity contribution in [3.8, 4) is 0 Å². The Morgan fingerprint density at radius 1 is 1.47 bits per heavy atom. The Morgan fingerprint density at radius 2 is 2.05 bits per heavy atom. The smallest absolute Gasteiger partial charge is 0.254 e.